The van der Waals surface area contributed by atoms with E-state index in [0.717, 1.165) is 12.0 Å². The Hall–Kier alpha value is -2.18. The molecule has 0 saturated heterocycles. The minimum atomic E-state index is -2.53. The fourth-order valence-electron chi connectivity index (χ4n) is 2.31. The van der Waals surface area contributed by atoms with Gasteiger partial charge < -0.3 is 15.4 Å². The van der Waals surface area contributed by atoms with E-state index in [1.165, 1.54) is 0 Å². The first-order valence-electron chi connectivity index (χ1n) is 8.00. The fraction of sp³-hybridized carbons (Fsp3) is 0.529. The predicted octanol–water partition coefficient (Wildman–Crippen LogP) is 2.11. The van der Waals surface area contributed by atoms with Gasteiger partial charge in [0.15, 0.2) is 0 Å². The first-order valence-corrected chi connectivity index (χ1v) is 8.00. The minimum Gasteiger partial charge on any atom is -0.488 e. The van der Waals surface area contributed by atoms with Crippen molar-refractivity contribution in [2.45, 2.75) is 32.7 Å². The Morgan fingerprint density at radius 2 is 2.08 bits per heavy atom. The van der Waals surface area contributed by atoms with Crippen LogP contribution in [0.1, 0.15) is 25.3 Å². The number of carbonyl (C=O) groups excluding carboxylic acids is 2. The predicted molar refractivity (Wildman–Crippen MR) is 84.7 cm³/mol. The molecule has 2 amide bonds. The Labute approximate surface area is 139 Å². The van der Waals surface area contributed by atoms with Gasteiger partial charge in [0.1, 0.15) is 12.4 Å². The second-order valence-corrected chi connectivity index (χ2v) is 5.99. The van der Waals surface area contributed by atoms with Gasteiger partial charge in [-0.25, -0.2) is 8.78 Å². The molecule has 0 unspecified atom stereocenters. The summed E-state index contributed by atoms with van der Waals surface area (Å²) in [5.74, 6) is 0.715. The van der Waals surface area contributed by atoms with E-state index >= 15 is 0 Å². The Kier molecular flexibility index (Phi) is 6.52. The molecule has 2 rings (SSSR count). The molecule has 24 heavy (non-hydrogen) atoms. The van der Waals surface area contributed by atoms with Gasteiger partial charge in [-0.05, 0) is 30.0 Å². The molecule has 1 saturated carbocycles. The van der Waals surface area contributed by atoms with Crippen molar-refractivity contribution >= 4 is 11.8 Å². The zero-order valence-corrected chi connectivity index (χ0v) is 13.6. The highest BCUT2D eigenvalue weighted by Crippen LogP contribution is 2.37. The first-order chi connectivity index (χ1) is 11.5. The van der Waals surface area contributed by atoms with Crippen LogP contribution in [-0.2, 0) is 16.1 Å². The van der Waals surface area contributed by atoms with Crippen LogP contribution in [0, 0.1) is 11.8 Å². The molecule has 0 spiro atoms. The number of benzene rings is 1. The van der Waals surface area contributed by atoms with E-state index in [2.05, 4.69) is 10.6 Å². The molecule has 1 fully saturated rings. The number of ether oxygens (including phenoxy) is 1. The zero-order valence-electron chi connectivity index (χ0n) is 13.6. The third kappa shape index (κ3) is 6.14. The van der Waals surface area contributed by atoms with Gasteiger partial charge in [-0.15, -0.1) is 0 Å². The summed E-state index contributed by atoms with van der Waals surface area (Å²) in [4.78, 5) is 23.4. The van der Waals surface area contributed by atoms with Crippen LogP contribution >= 0.6 is 0 Å². The molecular weight excluding hydrogens is 318 g/mol. The van der Waals surface area contributed by atoms with Crippen molar-refractivity contribution in [3.05, 3.63) is 29.8 Å². The van der Waals surface area contributed by atoms with Crippen molar-refractivity contribution in [3.63, 3.8) is 0 Å². The molecule has 0 heterocycles. The Morgan fingerprint density at radius 1 is 1.33 bits per heavy atom. The Morgan fingerprint density at radius 3 is 2.75 bits per heavy atom. The van der Waals surface area contributed by atoms with E-state index in [0.29, 0.717) is 18.2 Å². The lowest BCUT2D eigenvalue weighted by Crippen LogP contribution is -2.31. The van der Waals surface area contributed by atoms with Gasteiger partial charge in [0, 0.05) is 25.4 Å². The van der Waals surface area contributed by atoms with Crippen LogP contribution in [0.2, 0.25) is 0 Å². The maximum atomic E-state index is 12.1. The molecule has 1 aromatic rings. The molecule has 5 nitrogen and oxygen atoms in total. The summed E-state index contributed by atoms with van der Waals surface area (Å²) in [5, 5.41) is 5.47. The minimum absolute atomic E-state index is 0.0131. The lowest BCUT2D eigenvalue weighted by Gasteiger charge is -2.09. The lowest BCUT2D eigenvalue weighted by atomic mass is 10.2. The number of halogens is 2. The molecule has 1 aliphatic carbocycles. The highest BCUT2D eigenvalue weighted by Gasteiger charge is 2.38. The summed E-state index contributed by atoms with van der Waals surface area (Å²) >= 11 is 0. The van der Waals surface area contributed by atoms with E-state index in [-0.39, 0.29) is 30.7 Å². The van der Waals surface area contributed by atoms with Gasteiger partial charge >= 0.3 is 0 Å². The molecular formula is C17H22F2N2O3. The van der Waals surface area contributed by atoms with Crippen LogP contribution in [0.4, 0.5) is 8.78 Å². The van der Waals surface area contributed by atoms with Crippen molar-refractivity contribution in [2.24, 2.45) is 11.8 Å². The fourth-order valence-corrected chi connectivity index (χ4v) is 2.31. The van der Waals surface area contributed by atoms with Gasteiger partial charge in [0.2, 0.25) is 11.8 Å². The average Bonchev–Trinajstić information content (AvgIpc) is 3.28. The first kappa shape index (κ1) is 18.2. The van der Waals surface area contributed by atoms with Crippen LogP contribution < -0.4 is 15.4 Å². The summed E-state index contributed by atoms with van der Waals surface area (Å²) in [6.45, 7) is 1.95. The molecule has 0 aromatic heterocycles. The molecule has 7 heteroatoms. The van der Waals surface area contributed by atoms with Gasteiger partial charge in [0.25, 0.3) is 6.43 Å². The third-order valence-electron chi connectivity index (χ3n) is 3.86. The molecule has 1 aliphatic rings. The maximum absolute atomic E-state index is 12.1. The van der Waals surface area contributed by atoms with Gasteiger partial charge in [-0.1, -0.05) is 19.1 Å². The second-order valence-electron chi connectivity index (χ2n) is 5.99. The van der Waals surface area contributed by atoms with Crippen LogP contribution in [0.5, 0.6) is 5.75 Å². The Bertz CT molecular complexity index is 581. The molecule has 2 atom stereocenters. The smallest absolute Gasteiger partial charge is 0.272 e. The summed E-state index contributed by atoms with van der Waals surface area (Å²) in [6, 6.07) is 6.64. The highest BCUT2D eigenvalue weighted by molar-refractivity contribution is 5.82. The summed E-state index contributed by atoms with van der Waals surface area (Å²) < 4.78 is 29.2. The number of hydrogen-bond acceptors (Lipinski definition) is 3. The van der Waals surface area contributed by atoms with E-state index in [9.17, 15) is 18.4 Å². The molecule has 132 valence electrons. The summed E-state index contributed by atoms with van der Waals surface area (Å²) in [7, 11) is 0. The van der Waals surface area contributed by atoms with E-state index in [1.807, 2.05) is 6.92 Å². The quantitative estimate of drug-likeness (QED) is 0.723. The second kappa shape index (κ2) is 8.61. The topological polar surface area (TPSA) is 67.4 Å². The summed E-state index contributed by atoms with van der Waals surface area (Å²) in [5.41, 5.74) is 0.756. The molecule has 0 bridgehead atoms. The average molecular weight is 340 g/mol. The van der Waals surface area contributed by atoms with Gasteiger partial charge in [0.05, 0.1) is 0 Å². The number of carbonyl (C=O) groups is 2. The van der Waals surface area contributed by atoms with Crippen LogP contribution in [0.25, 0.3) is 0 Å². The standard InChI is InChI=1S/C17H22F2N2O3/c1-11-7-14(11)17(23)20-6-5-16(22)21-9-12-3-2-4-13(8-12)24-10-15(18)19/h2-4,8,11,14-15H,5-7,9-10H2,1H3,(H,20,23)(H,21,22)/t11-,14+/m0/s1. The SMILES string of the molecule is C[C@H]1C[C@H]1C(=O)NCCC(=O)NCc1cccc(OCC(F)F)c1. The number of nitrogens with one attached hydrogen (secondary N) is 2. The van der Waals surface area contributed by atoms with Crippen molar-refractivity contribution in [1.29, 1.82) is 0 Å². The zero-order chi connectivity index (χ0) is 17.5. The number of alkyl halides is 2. The lowest BCUT2D eigenvalue weighted by molar-refractivity contribution is -0.123. The van der Waals surface area contributed by atoms with Crippen molar-refractivity contribution < 1.29 is 23.1 Å². The van der Waals surface area contributed by atoms with E-state index in [4.69, 9.17) is 4.74 Å². The molecule has 0 aliphatic heterocycles. The van der Waals surface area contributed by atoms with Crippen molar-refractivity contribution in [1.82, 2.24) is 10.6 Å². The Balaban J connectivity index is 1.65. The molecule has 2 N–H and O–H groups in total. The maximum Gasteiger partial charge on any atom is 0.272 e. The number of amides is 2. The molecule has 0 radical (unpaired) electrons. The highest BCUT2D eigenvalue weighted by atomic mass is 19.3. The van der Waals surface area contributed by atoms with Crippen LogP contribution in [0.3, 0.4) is 0 Å². The molecule has 1 aromatic carbocycles. The van der Waals surface area contributed by atoms with Crippen LogP contribution in [0.15, 0.2) is 24.3 Å². The summed E-state index contributed by atoms with van der Waals surface area (Å²) in [6.07, 6.45) is -1.40. The van der Waals surface area contributed by atoms with Crippen molar-refractivity contribution in [3.8, 4) is 5.75 Å². The van der Waals surface area contributed by atoms with Crippen molar-refractivity contribution in [2.75, 3.05) is 13.2 Å². The van der Waals surface area contributed by atoms with E-state index < -0.39 is 13.0 Å². The number of rotatable bonds is 9. The van der Waals surface area contributed by atoms with Gasteiger partial charge in [-0.3, -0.25) is 9.59 Å². The van der Waals surface area contributed by atoms with Gasteiger partial charge in [-0.2, -0.15) is 0 Å². The van der Waals surface area contributed by atoms with Crippen LogP contribution in [-0.4, -0.2) is 31.4 Å². The monoisotopic (exact) mass is 340 g/mol. The normalized spacial score (nSPS) is 19.0. The largest absolute Gasteiger partial charge is 0.488 e. The number of hydrogen-bond donors (Lipinski definition) is 2. The van der Waals surface area contributed by atoms with E-state index in [1.54, 1.807) is 24.3 Å². The third-order valence-corrected chi connectivity index (χ3v) is 3.86.